The lowest BCUT2D eigenvalue weighted by Gasteiger charge is -2.27. The summed E-state index contributed by atoms with van der Waals surface area (Å²) in [5.41, 5.74) is 1.01. The highest BCUT2D eigenvalue weighted by Crippen LogP contribution is 2.20. The van der Waals surface area contributed by atoms with E-state index in [2.05, 4.69) is 5.32 Å². The number of amides is 1. The van der Waals surface area contributed by atoms with Gasteiger partial charge in [0.2, 0.25) is 5.91 Å². The van der Waals surface area contributed by atoms with Gasteiger partial charge in [0, 0.05) is 42.9 Å². The van der Waals surface area contributed by atoms with Crippen molar-refractivity contribution < 1.29 is 4.79 Å². The molecule has 1 aliphatic heterocycles. The van der Waals surface area contributed by atoms with Gasteiger partial charge in [0.1, 0.15) is 6.54 Å². The topological polar surface area (TPSA) is 37.3 Å². The quantitative estimate of drug-likeness (QED) is 0.908. The molecule has 1 aliphatic rings. The van der Waals surface area contributed by atoms with Crippen molar-refractivity contribution >= 4 is 28.4 Å². The Balaban J connectivity index is 1.80. The Bertz CT molecular complexity index is 602. The van der Waals surface area contributed by atoms with Gasteiger partial charge in [-0.15, -0.1) is 0 Å². The number of piperazine rings is 1. The second-order valence-corrected chi connectivity index (χ2v) is 5.21. The molecule has 0 atom stereocenters. The van der Waals surface area contributed by atoms with E-state index >= 15 is 0 Å². The number of hydrogen-bond acceptors (Lipinski definition) is 2. The van der Waals surface area contributed by atoms with Crippen LogP contribution in [0.25, 0.3) is 10.9 Å². The molecule has 0 spiro atoms. The Morgan fingerprint density at radius 3 is 2.84 bits per heavy atom. The Morgan fingerprint density at radius 2 is 2.05 bits per heavy atom. The largest absolute Gasteiger partial charge is 0.339 e. The van der Waals surface area contributed by atoms with Gasteiger partial charge >= 0.3 is 0 Å². The fourth-order valence-electron chi connectivity index (χ4n) is 2.45. The fraction of sp³-hybridized carbons (Fsp3) is 0.357. The molecule has 0 bridgehead atoms. The fourth-order valence-corrected chi connectivity index (χ4v) is 2.62. The minimum absolute atomic E-state index is 0.166. The normalized spacial score (nSPS) is 15.9. The number of nitrogens with zero attached hydrogens (tertiary/aromatic N) is 2. The summed E-state index contributed by atoms with van der Waals surface area (Å²) in [5.74, 6) is 0.166. The zero-order chi connectivity index (χ0) is 13.2. The maximum atomic E-state index is 12.2. The number of rotatable bonds is 2. The molecule has 2 aromatic rings. The van der Waals surface area contributed by atoms with E-state index in [1.54, 1.807) is 0 Å². The summed E-state index contributed by atoms with van der Waals surface area (Å²) < 4.78 is 1.96. The van der Waals surface area contributed by atoms with Gasteiger partial charge in [0.15, 0.2) is 0 Å². The molecule has 4 nitrogen and oxygen atoms in total. The van der Waals surface area contributed by atoms with Crippen molar-refractivity contribution in [1.82, 2.24) is 14.8 Å². The van der Waals surface area contributed by atoms with Crippen LogP contribution in [-0.4, -0.2) is 41.6 Å². The van der Waals surface area contributed by atoms with Crippen molar-refractivity contribution in [2.24, 2.45) is 0 Å². The van der Waals surface area contributed by atoms with E-state index in [4.69, 9.17) is 11.6 Å². The van der Waals surface area contributed by atoms with E-state index < -0.39 is 0 Å². The summed E-state index contributed by atoms with van der Waals surface area (Å²) in [7, 11) is 0. The average Bonchev–Trinajstić information content (AvgIpc) is 2.82. The number of fused-ring (bicyclic) bond motifs is 1. The third-order valence-electron chi connectivity index (χ3n) is 3.51. The summed E-state index contributed by atoms with van der Waals surface area (Å²) in [6, 6.07) is 7.76. The maximum absolute atomic E-state index is 12.2. The number of carbonyl (C=O) groups is 1. The van der Waals surface area contributed by atoms with Crippen molar-refractivity contribution in [3.8, 4) is 0 Å². The van der Waals surface area contributed by atoms with Crippen LogP contribution >= 0.6 is 11.6 Å². The first-order valence-corrected chi connectivity index (χ1v) is 6.85. The van der Waals surface area contributed by atoms with Gasteiger partial charge < -0.3 is 14.8 Å². The molecular weight excluding hydrogens is 262 g/mol. The molecule has 5 heteroatoms. The molecular formula is C14H16ClN3O. The zero-order valence-electron chi connectivity index (χ0n) is 10.6. The van der Waals surface area contributed by atoms with E-state index in [0.717, 1.165) is 37.1 Å². The molecule has 2 heterocycles. The number of hydrogen-bond donors (Lipinski definition) is 1. The van der Waals surface area contributed by atoms with Gasteiger partial charge in [0.25, 0.3) is 0 Å². The number of halogens is 1. The van der Waals surface area contributed by atoms with Gasteiger partial charge in [-0.1, -0.05) is 17.7 Å². The number of nitrogens with one attached hydrogen (secondary N) is 1. The summed E-state index contributed by atoms with van der Waals surface area (Å²) in [6.07, 6.45) is 1.95. The minimum atomic E-state index is 0.166. The van der Waals surface area contributed by atoms with Crippen LogP contribution in [0.15, 0.2) is 30.5 Å². The zero-order valence-corrected chi connectivity index (χ0v) is 11.4. The Labute approximate surface area is 116 Å². The van der Waals surface area contributed by atoms with Crippen molar-refractivity contribution in [3.05, 3.63) is 35.5 Å². The Kier molecular flexibility index (Phi) is 3.44. The highest BCUT2D eigenvalue weighted by Gasteiger charge is 2.16. The average molecular weight is 278 g/mol. The maximum Gasteiger partial charge on any atom is 0.242 e. The predicted molar refractivity (Wildman–Crippen MR) is 76.4 cm³/mol. The molecule has 1 N–H and O–H groups in total. The smallest absolute Gasteiger partial charge is 0.242 e. The van der Waals surface area contributed by atoms with E-state index in [0.29, 0.717) is 11.6 Å². The molecule has 19 heavy (non-hydrogen) atoms. The second-order valence-electron chi connectivity index (χ2n) is 4.78. The number of carbonyl (C=O) groups excluding carboxylic acids is 1. The van der Waals surface area contributed by atoms with Crippen molar-refractivity contribution in [3.63, 3.8) is 0 Å². The highest BCUT2D eigenvalue weighted by atomic mass is 35.5. The molecule has 1 amide bonds. The first kappa shape index (κ1) is 12.5. The minimum Gasteiger partial charge on any atom is -0.339 e. The van der Waals surface area contributed by atoms with Gasteiger partial charge in [-0.3, -0.25) is 4.79 Å². The van der Waals surface area contributed by atoms with Crippen LogP contribution in [0.1, 0.15) is 0 Å². The molecule has 1 fully saturated rings. The molecule has 100 valence electrons. The molecule has 3 rings (SSSR count). The second kappa shape index (κ2) is 5.23. The summed E-state index contributed by atoms with van der Waals surface area (Å²) >= 11 is 6.02. The Hall–Kier alpha value is -1.52. The predicted octanol–water partition coefficient (Wildman–Crippen LogP) is 1.73. The highest BCUT2D eigenvalue weighted by molar-refractivity contribution is 6.31. The van der Waals surface area contributed by atoms with Gasteiger partial charge in [0.05, 0.1) is 0 Å². The number of benzene rings is 1. The molecule has 0 aliphatic carbocycles. The molecule has 0 unspecified atom stereocenters. The molecule has 0 radical (unpaired) electrons. The van der Waals surface area contributed by atoms with Crippen LogP contribution in [0.5, 0.6) is 0 Å². The lowest BCUT2D eigenvalue weighted by Crippen LogP contribution is -2.47. The van der Waals surface area contributed by atoms with E-state index in [9.17, 15) is 4.79 Å². The van der Waals surface area contributed by atoms with Crippen molar-refractivity contribution in [2.75, 3.05) is 26.2 Å². The summed E-state index contributed by atoms with van der Waals surface area (Å²) in [6.45, 7) is 3.72. The van der Waals surface area contributed by atoms with Gasteiger partial charge in [-0.05, 0) is 23.6 Å². The molecule has 1 aromatic carbocycles. The lowest BCUT2D eigenvalue weighted by molar-refractivity contribution is -0.132. The third-order valence-corrected chi connectivity index (χ3v) is 3.75. The monoisotopic (exact) mass is 277 g/mol. The first-order chi connectivity index (χ1) is 9.24. The molecule has 0 saturated carbocycles. The van der Waals surface area contributed by atoms with E-state index in [-0.39, 0.29) is 5.91 Å². The first-order valence-electron chi connectivity index (χ1n) is 6.47. The van der Waals surface area contributed by atoms with Gasteiger partial charge in [-0.25, -0.2) is 0 Å². The number of aromatic nitrogens is 1. The van der Waals surface area contributed by atoms with Gasteiger partial charge in [-0.2, -0.15) is 0 Å². The van der Waals surface area contributed by atoms with E-state index in [1.807, 2.05) is 39.9 Å². The summed E-state index contributed by atoms with van der Waals surface area (Å²) in [4.78, 5) is 14.1. The Morgan fingerprint density at radius 1 is 1.26 bits per heavy atom. The SMILES string of the molecule is O=C(Cn1ccc2ccc(Cl)cc21)N1CCNCC1. The van der Waals surface area contributed by atoms with E-state index in [1.165, 1.54) is 0 Å². The summed E-state index contributed by atoms with van der Waals surface area (Å²) in [5, 5.41) is 5.05. The van der Waals surface area contributed by atoms with Crippen LogP contribution in [-0.2, 0) is 11.3 Å². The third kappa shape index (κ3) is 2.60. The van der Waals surface area contributed by atoms with Crippen LogP contribution in [0.2, 0.25) is 5.02 Å². The van der Waals surface area contributed by atoms with Crippen molar-refractivity contribution in [1.29, 1.82) is 0 Å². The lowest BCUT2D eigenvalue weighted by atomic mass is 10.2. The van der Waals surface area contributed by atoms with Crippen LogP contribution in [0.4, 0.5) is 0 Å². The molecule has 1 aromatic heterocycles. The van der Waals surface area contributed by atoms with Crippen LogP contribution in [0.3, 0.4) is 0 Å². The van der Waals surface area contributed by atoms with Crippen molar-refractivity contribution in [2.45, 2.75) is 6.54 Å². The standard InChI is InChI=1S/C14H16ClN3O/c15-12-2-1-11-3-6-18(13(11)9-12)10-14(19)17-7-4-16-5-8-17/h1-3,6,9,16H,4-5,7-8,10H2. The van der Waals surface area contributed by atoms with Crippen LogP contribution in [0, 0.1) is 0 Å². The molecule has 1 saturated heterocycles. The van der Waals surface area contributed by atoms with Crippen LogP contribution < -0.4 is 5.32 Å².